The molecule has 0 heterocycles. The fourth-order valence-electron chi connectivity index (χ4n) is 1.80. The molecule has 3 heteroatoms. The number of hydrogen-bond donors (Lipinski definition) is 2. The molecule has 3 nitrogen and oxygen atoms in total. The summed E-state index contributed by atoms with van der Waals surface area (Å²) in [5.41, 5.74) is -0.0502. The van der Waals surface area contributed by atoms with Crippen LogP contribution in [0.15, 0.2) is 0 Å². The third kappa shape index (κ3) is 5.78. The number of amides is 1. The van der Waals surface area contributed by atoms with Crippen LogP contribution in [0, 0.1) is 0 Å². The van der Waals surface area contributed by atoms with Crippen molar-refractivity contribution < 1.29 is 4.79 Å². The predicted molar refractivity (Wildman–Crippen MR) is 62.8 cm³/mol. The number of nitrogens with one attached hydrogen (secondary N) is 2. The highest BCUT2D eigenvalue weighted by Crippen LogP contribution is 2.18. The van der Waals surface area contributed by atoms with E-state index in [4.69, 9.17) is 0 Å². The van der Waals surface area contributed by atoms with Crippen molar-refractivity contribution in [1.29, 1.82) is 0 Å². The van der Waals surface area contributed by atoms with Crippen molar-refractivity contribution in [2.45, 2.75) is 64.5 Å². The Labute approximate surface area is 93.0 Å². The first-order chi connectivity index (χ1) is 7.03. The van der Waals surface area contributed by atoms with E-state index in [9.17, 15) is 4.79 Å². The van der Waals surface area contributed by atoms with Gasteiger partial charge in [0.15, 0.2) is 0 Å². The highest BCUT2D eigenvalue weighted by Gasteiger charge is 2.21. The molecule has 0 aromatic heterocycles. The Morgan fingerprint density at radius 3 is 2.60 bits per heavy atom. The summed E-state index contributed by atoms with van der Waals surface area (Å²) in [6, 6.07) is 0.696. The Morgan fingerprint density at radius 1 is 1.40 bits per heavy atom. The molecule has 1 amide bonds. The second kappa shape index (κ2) is 5.50. The van der Waals surface area contributed by atoms with E-state index in [1.54, 1.807) is 0 Å². The summed E-state index contributed by atoms with van der Waals surface area (Å²) in [7, 11) is 0. The van der Waals surface area contributed by atoms with Crippen molar-refractivity contribution >= 4 is 5.91 Å². The highest BCUT2D eigenvalue weighted by atomic mass is 16.1. The Hall–Kier alpha value is -0.570. The quantitative estimate of drug-likeness (QED) is 0.676. The molecule has 1 rings (SSSR count). The zero-order valence-corrected chi connectivity index (χ0v) is 10.2. The molecular formula is C12H24N2O. The molecule has 0 aromatic carbocycles. The maximum absolute atomic E-state index is 11.6. The molecule has 15 heavy (non-hydrogen) atoms. The summed E-state index contributed by atoms with van der Waals surface area (Å²) >= 11 is 0. The van der Waals surface area contributed by atoms with Gasteiger partial charge in [-0.1, -0.05) is 13.3 Å². The Balaban J connectivity index is 2.10. The molecule has 88 valence electrons. The monoisotopic (exact) mass is 212 g/mol. The fourth-order valence-corrected chi connectivity index (χ4v) is 1.80. The highest BCUT2D eigenvalue weighted by molar-refractivity contribution is 5.76. The van der Waals surface area contributed by atoms with E-state index in [0.29, 0.717) is 12.5 Å². The van der Waals surface area contributed by atoms with Crippen LogP contribution in [-0.4, -0.2) is 24.0 Å². The van der Waals surface area contributed by atoms with Crippen molar-refractivity contribution in [1.82, 2.24) is 10.6 Å². The van der Waals surface area contributed by atoms with E-state index in [-0.39, 0.29) is 11.4 Å². The predicted octanol–water partition coefficient (Wildman–Crippen LogP) is 1.82. The molecular weight excluding hydrogens is 188 g/mol. The van der Waals surface area contributed by atoms with Gasteiger partial charge in [0.05, 0.1) is 0 Å². The largest absolute Gasteiger partial charge is 0.351 e. The molecule has 0 atom stereocenters. The molecule has 0 bridgehead atoms. The van der Waals surface area contributed by atoms with E-state index in [2.05, 4.69) is 31.4 Å². The van der Waals surface area contributed by atoms with Crippen molar-refractivity contribution in [2.24, 2.45) is 0 Å². The van der Waals surface area contributed by atoms with Crippen LogP contribution in [0.3, 0.4) is 0 Å². The molecule has 0 spiro atoms. The van der Waals surface area contributed by atoms with Crippen molar-refractivity contribution in [2.75, 3.05) is 6.54 Å². The lowest BCUT2D eigenvalue weighted by Crippen LogP contribution is -2.44. The number of carbonyl (C=O) groups excluding carboxylic acids is 1. The van der Waals surface area contributed by atoms with Gasteiger partial charge in [0.1, 0.15) is 0 Å². The van der Waals surface area contributed by atoms with Crippen LogP contribution >= 0.6 is 0 Å². The van der Waals surface area contributed by atoms with Crippen LogP contribution in [0.25, 0.3) is 0 Å². The lowest BCUT2D eigenvalue weighted by Gasteiger charge is -2.25. The summed E-state index contributed by atoms with van der Waals surface area (Å²) in [4.78, 5) is 11.6. The van der Waals surface area contributed by atoms with E-state index >= 15 is 0 Å². The smallest absolute Gasteiger partial charge is 0.221 e. The standard InChI is InChI=1S/C12H24N2O/c1-4-8-12(2,3)14-11(15)7-9-13-10-5-6-10/h10,13H,4-9H2,1-3H3,(H,14,15). The van der Waals surface area contributed by atoms with E-state index < -0.39 is 0 Å². The molecule has 2 N–H and O–H groups in total. The summed E-state index contributed by atoms with van der Waals surface area (Å²) in [6.45, 7) is 7.13. The summed E-state index contributed by atoms with van der Waals surface area (Å²) in [5.74, 6) is 0.168. The van der Waals surface area contributed by atoms with E-state index in [1.807, 2.05) is 0 Å². The average molecular weight is 212 g/mol. The zero-order chi connectivity index (χ0) is 11.3. The van der Waals surface area contributed by atoms with Gasteiger partial charge >= 0.3 is 0 Å². The third-order valence-electron chi connectivity index (χ3n) is 2.72. The van der Waals surface area contributed by atoms with Gasteiger partial charge in [-0.3, -0.25) is 4.79 Å². The van der Waals surface area contributed by atoms with Crippen molar-refractivity contribution in [3.8, 4) is 0 Å². The molecule has 0 aromatic rings. The van der Waals surface area contributed by atoms with Crippen LogP contribution in [-0.2, 0) is 4.79 Å². The van der Waals surface area contributed by atoms with Crippen LogP contribution in [0.2, 0.25) is 0 Å². The summed E-state index contributed by atoms with van der Waals surface area (Å²) in [5, 5.41) is 6.42. The molecule has 0 saturated heterocycles. The first-order valence-corrected chi connectivity index (χ1v) is 6.08. The molecule has 1 fully saturated rings. The van der Waals surface area contributed by atoms with Crippen LogP contribution in [0.4, 0.5) is 0 Å². The number of rotatable bonds is 7. The van der Waals surface area contributed by atoms with Crippen molar-refractivity contribution in [3.63, 3.8) is 0 Å². The molecule has 0 radical (unpaired) electrons. The Kier molecular flexibility index (Phi) is 4.58. The molecule has 1 saturated carbocycles. The zero-order valence-electron chi connectivity index (χ0n) is 10.2. The molecule has 0 unspecified atom stereocenters. The first kappa shape index (κ1) is 12.5. The lowest BCUT2D eigenvalue weighted by molar-refractivity contribution is -0.122. The minimum atomic E-state index is -0.0502. The van der Waals surface area contributed by atoms with Gasteiger partial charge in [0.2, 0.25) is 5.91 Å². The van der Waals surface area contributed by atoms with Crippen molar-refractivity contribution in [3.05, 3.63) is 0 Å². The normalized spacial score (nSPS) is 16.5. The van der Waals surface area contributed by atoms with E-state index in [1.165, 1.54) is 12.8 Å². The number of carbonyl (C=O) groups is 1. The van der Waals surface area contributed by atoms with Crippen LogP contribution in [0.5, 0.6) is 0 Å². The maximum Gasteiger partial charge on any atom is 0.221 e. The molecule has 1 aliphatic rings. The van der Waals surface area contributed by atoms with Gasteiger partial charge < -0.3 is 10.6 Å². The van der Waals surface area contributed by atoms with Crippen LogP contribution in [0.1, 0.15) is 52.9 Å². The second-order valence-corrected chi connectivity index (χ2v) is 5.16. The molecule has 0 aliphatic heterocycles. The fraction of sp³-hybridized carbons (Fsp3) is 0.917. The summed E-state index contributed by atoms with van der Waals surface area (Å²) < 4.78 is 0. The third-order valence-corrected chi connectivity index (χ3v) is 2.72. The number of hydrogen-bond acceptors (Lipinski definition) is 2. The SMILES string of the molecule is CCCC(C)(C)NC(=O)CCNC1CC1. The Bertz CT molecular complexity index is 210. The second-order valence-electron chi connectivity index (χ2n) is 5.16. The summed E-state index contributed by atoms with van der Waals surface area (Å²) in [6.07, 6.45) is 5.30. The average Bonchev–Trinajstić information content (AvgIpc) is 2.86. The maximum atomic E-state index is 11.6. The minimum absolute atomic E-state index is 0.0502. The van der Waals surface area contributed by atoms with Gasteiger partial charge in [-0.05, 0) is 33.1 Å². The van der Waals surface area contributed by atoms with Gasteiger partial charge in [0.25, 0.3) is 0 Å². The topological polar surface area (TPSA) is 41.1 Å². The van der Waals surface area contributed by atoms with Gasteiger partial charge in [-0.25, -0.2) is 0 Å². The molecule has 1 aliphatic carbocycles. The first-order valence-electron chi connectivity index (χ1n) is 6.08. The van der Waals surface area contributed by atoms with Gasteiger partial charge in [0, 0.05) is 24.5 Å². The van der Waals surface area contributed by atoms with Crippen LogP contribution < -0.4 is 10.6 Å². The van der Waals surface area contributed by atoms with Gasteiger partial charge in [-0.15, -0.1) is 0 Å². The minimum Gasteiger partial charge on any atom is -0.351 e. The van der Waals surface area contributed by atoms with E-state index in [0.717, 1.165) is 19.4 Å². The Morgan fingerprint density at radius 2 is 2.07 bits per heavy atom. The lowest BCUT2D eigenvalue weighted by atomic mass is 9.99. The van der Waals surface area contributed by atoms with Gasteiger partial charge in [-0.2, -0.15) is 0 Å².